The molecule has 0 radical (unpaired) electrons. The van der Waals surface area contributed by atoms with E-state index in [1.165, 1.54) is 24.0 Å². The van der Waals surface area contributed by atoms with Crippen molar-refractivity contribution in [2.45, 2.75) is 28.5 Å². The first-order chi connectivity index (χ1) is 10.8. The van der Waals surface area contributed by atoms with Crippen LogP contribution in [0.4, 0.5) is 0 Å². The van der Waals surface area contributed by atoms with Gasteiger partial charge in [0.15, 0.2) is 0 Å². The van der Waals surface area contributed by atoms with E-state index >= 15 is 0 Å². The van der Waals surface area contributed by atoms with Gasteiger partial charge in [-0.3, -0.25) is 4.90 Å². The van der Waals surface area contributed by atoms with Crippen LogP contribution in [0, 0.1) is 0 Å². The van der Waals surface area contributed by atoms with E-state index in [-0.39, 0.29) is 3.55 Å². The molecular formula is C19H21IN2. The fourth-order valence-corrected chi connectivity index (χ4v) is 4.38. The molecule has 0 spiro atoms. The van der Waals surface area contributed by atoms with Crippen LogP contribution in [-0.2, 0) is 3.55 Å². The Labute approximate surface area is 146 Å². The lowest BCUT2D eigenvalue weighted by atomic mass is 9.93. The molecule has 22 heavy (non-hydrogen) atoms. The van der Waals surface area contributed by atoms with Crippen molar-refractivity contribution in [3.8, 4) is 0 Å². The third-order valence-corrected chi connectivity index (χ3v) is 6.61. The second kappa shape index (κ2) is 5.95. The molecule has 2 aliphatic rings. The molecule has 0 aromatic heterocycles. The van der Waals surface area contributed by atoms with E-state index in [9.17, 15) is 0 Å². The number of hydrogen-bond acceptors (Lipinski definition) is 2. The summed E-state index contributed by atoms with van der Waals surface area (Å²) in [5, 5.41) is 3.75. The lowest BCUT2D eigenvalue weighted by Gasteiger charge is -2.50. The summed E-state index contributed by atoms with van der Waals surface area (Å²) in [5.74, 6) is 0. The summed E-state index contributed by atoms with van der Waals surface area (Å²) in [4.78, 5) is 2.60. The third-order valence-electron chi connectivity index (χ3n) is 4.68. The van der Waals surface area contributed by atoms with Crippen molar-refractivity contribution < 1.29 is 0 Å². The molecule has 1 saturated carbocycles. The van der Waals surface area contributed by atoms with Crippen LogP contribution in [-0.4, -0.2) is 30.1 Å². The quantitative estimate of drug-likeness (QED) is 0.464. The summed E-state index contributed by atoms with van der Waals surface area (Å²) < 4.78 is -0.0674. The van der Waals surface area contributed by atoms with Crippen molar-refractivity contribution in [2.75, 3.05) is 13.1 Å². The Hall–Kier alpha value is -0.910. The highest BCUT2D eigenvalue weighted by Crippen LogP contribution is 2.45. The first kappa shape index (κ1) is 14.7. The van der Waals surface area contributed by atoms with Crippen molar-refractivity contribution in [2.24, 2.45) is 0 Å². The average molecular weight is 404 g/mol. The third kappa shape index (κ3) is 2.70. The largest absolute Gasteiger partial charge is 0.309 e. The minimum Gasteiger partial charge on any atom is -0.309 e. The predicted molar refractivity (Wildman–Crippen MR) is 99.2 cm³/mol. The van der Waals surface area contributed by atoms with E-state index in [2.05, 4.69) is 93.5 Å². The van der Waals surface area contributed by atoms with Gasteiger partial charge in [-0.2, -0.15) is 0 Å². The standard InChI is InChI=1S/C19H21IN2/c20-19(15-7-3-1-4-8-15,16-9-5-2-6-10-16)22-13-18(14-22)21-17-11-12-17/h1-10,17-18,21H,11-14H2. The van der Waals surface area contributed by atoms with Crippen molar-refractivity contribution in [1.82, 2.24) is 10.2 Å². The van der Waals surface area contributed by atoms with Crippen LogP contribution in [0.3, 0.4) is 0 Å². The van der Waals surface area contributed by atoms with Gasteiger partial charge in [0.2, 0.25) is 0 Å². The molecule has 0 amide bonds. The molecule has 0 bridgehead atoms. The zero-order valence-corrected chi connectivity index (χ0v) is 14.7. The minimum absolute atomic E-state index is 0.0674. The SMILES string of the molecule is IC(c1ccccc1)(c1ccccc1)N1CC(NC2CC2)C1. The van der Waals surface area contributed by atoms with Gasteiger partial charge in [-0.1, -0.05) is 83.3 Å². The molecular weight excluding hydrogens is 383 g/mol. The Morgan fingerprint density at radius 2 is 1.32 bits per heavy atom. The second-order valence-corrected chi connectivity index (χ2v) is 7.96. The lowest BCUT2D eigenvalue weighted by Crippen LogP contribution is -2.63. The summed E-state index contributed by atoms with van der Waals surface area (Å²) in [6, 6.07) is 23.2. The molecule has 2 aromatic carbocycles. The number of nitrogens with one attached hydrogen (secondary N) is 1. The van der Waals surface area contributed by atoms with Gasteiger partial charge in [0.1, 0.15) is 3.55 Å². The number of likely N-dealkylation sites (tertiary alicyclic amines) is 1. The molecule has 2 nitrogen and oxygen atoms in total. The van der Waals surface area contributed by atoms with Crippen molar-refractivity contribution in [3.63, 3.8) is 0 Å². The van der Waals surface area contributed by atoms with Gasteiger partial charge in [0.05, 0.1) is 0 Å². The van der Waals surface area contributed by atoms with Crippen LogP contribution < -0.4 is 5.32 Å². The zero-order valence-electron chi connectivity index (χ0n) is 12.6. The van der Waals surface area contributed by atoms with Crippen LogP contribution in [0.5, 0.6) is 0 Å². The van der Waals surface area contributed by atoms with Crippen molar-refractivity contribution in [1.29, 1.82) is 0 Å². The van der Waals surface area contributed by atoms with Gasteiger partial charge in [0.25, 0.3) is 0 Å². The number of hydrogen-bond donors (Lipinski definition) is 1. The molecule has 114 valence electrons. The van der Waals surface area contributed by atoms with E-state index in [1.54, 1.807) is 0 Å². The van der Waals surface area contributed by atoms with Gasteiger partial charge < -0.3 is 5.32 Å². The van der Waals surface area contributed by atoms with E-state index in [1.807, 2.05) is 0 Å². The Morgan fingerprint density at radius 3 is 1.77 bits per heavy atom. The van der Waals surface area contributed by atoms with Gasteiger partial charge >= 0.3 is 0 Å². The molecule has 1 saturated heterocycles. The topological polar surface area (TPSA) is 15.3 Å². The lowest BCUT2D eigenvalue weighted by molar-refractivity contribution is 0.0829. The molecule has 4 rings (SSSR count). The molecule has 2 aromatic rings. The maximum absolute atomic E-state index is 3.75. The summed E-state index contributed by atoms with van der Waals surface area (Å²) >= 11 is 2.64. The average Bonchev–Trinajstić information content (AvgIpc) is 3.36. The molecule has 1 aliphatic carbocycles. The fourth-order valence-electron chi connectivity index (χ4n) is 3.27. The monoisotopic (exact) mass is 404 g/mol. The second-order valence-electron chi connectivity index (χ2n) is 6.40. The summed E-state index contributed by atoms with van der Waals surface area (Å²) in [6.45, 7) is 2.26. The number of rotatable bonds is 5. The Kier molecular flexibility index (Phi) is 3.96. The normalized spacial score (nSPS) is 19.9. The Balaban J connectivity index is 1.62. The van der Waals surface area contributed by atoms with E-state index in [0.717, 1.165) is 19.1 Å². The number of alkyl halides is 1. The Morgan fingerprint density at radius 1 is 0.818 bits per heavy atom. The summed E-state index contributed by atoms with van der Waals surface area (Å²) in [7, 11) is 0. The van der Waals surface area contributed by atoms with Gasteiger partial charge in [0, 0.05) is 25.2 Å². The highest BCUT2D eigenvalue weighted by Gasteiger charge is 2.45. The first-order valence-corrected chi connectivity index (χ1v) is 9.16. The van der Waals surface area contributed by atoms with Gasteiger partial charge in [-0.05, 0) is 24.0 Å². The highest BCUT2D eigenvalue weighted by atomic mass is 127. The molecule has 3 heteroatoms. The maximum atomic E-state index is 3.75. The van der Waals surface area contributed by atoms with Crippen LogP contribution in [0.25, 0.3) is 0 Å². The predicted octanol–water partition coefficient (Wildman–Crippen LogP) is 3.76. The molecule has 0 unspecified atom stereocenters. The van der Waals surface area contributed by atoms with Crippen molar-refractivity contribution >= 4 is 22.6 Å². The molecule has 1 heterocycles. The van der Waals surface area contributed by atoms with Crippen molar-refractivity contribution in [3.05, 3.63) is 71.8 Å². The molecule has 1 N–H and O–H groups in total. The molecule has 0 atom stereocenters. The van der Waals surface area contributed by atoms with Gasteiger partial charge in [-0.25, -0.2) is 0 Å². The minimum atomic E-state index is -0.0674. The van der Waals surface area contributed by atoms with E-state index in [0.29, 0.717) is 6.04 Å². The van der Waals surface area contributed by atoms with Crippen LogP contribution in [0.2, 0.25) is 0 Å². The number of halogens is 1. The van der Waals surface area contributed by atoms with Gasteiger partial charge in [-0.15, -0.1) is 0 Å². The number of nitrogens with zero attached hydrogens (tertiary/aromatic N) is 1. The van der Waals surface area contributed by atoms with Crippen LogP contribution in [0.15, 0.2) is 60.7 Å². The Bertz CT molecular complexity index is 579. The van der Waals surface area contributed by atoms with Crippen LogP contribution >= 0.6 is 22.6 Å². The molecule has 1 aliphatic heterocycles. The maximum Gasteiger partial charge on any atom is 0.124 e. The number of benzene rings is 2. The summed E-state index contributed by atoms with van der Waals surface area (Å²) in [6.07, 6.45) is 2.73. The van der Waals surface area contributed by atoms with Crippen LogP contribution in [0.1, 0.15) is 24.0 Å². The highest BCUT2D eigenvalue weighted by molar-refractivity contribution is 14.1. The van der Waals surface area contributed by atoms with E-state index in [4.69, 9.17) is 0 Å². The first-order valence-electron chi connectivity index (χ1n) is 8.08. The molecule has 2 fully saturated rings. The smallest absolute Gasteiger partial charge is 0.124 e. The van der Waals surface area contributed by atoms with E-state index < -0.39 is 0 Å². The zero-order chi connectivity index (χ0) is 15.0. The fraction of sp³-hybridized carbons (Fsp3) is 0.368. The summed E-state index contributed by atoms with van der Waals surface area (Å²) in [5.41, 5.74) is 2.73.